The van der Waals surface area contributed by atoms with Crippen LogP contribution in [0, 0.1) is 0 Å². The van der Waals surface area contributed by atoms with Gasteiger partial charge in [-0.2, -0.15) is 0 Å². The molecule has 0 radical (unpaired) electrons. The van der Waals surface area contributed by atoms with Gasteiger partial charge in [0.2, 0.25) is 5.91 Å². The van der Waals surface area contributed by atoms with E-state index in [1.54, 1.807) is 0 Å². The van der Waals surface area contributed by atoms with Crippen LogP contribution in [0.1, 0.15) is 32.1 Å². The predicted octanol–water partition coefficient (Wildman–Crippen LogP) is -0.725. The molecule has 3 amide bonds. The number of aliphatic hydroxyl groups is 1. The molecule has 0 spiro atoms. The highest BCUT2D eigenvalue weighted by atomic mass is 16.4. The van der Waals surface area contributed by atoms with E-state index < -0.39 is 24.1 Å². The van der Waals surface area contributed by atoms with Crippen LogP contribution in [0.5, 0.6) is 0 Å². The summed E-state index contributed by atoms with van der Waals surface area (Å²) in [6, 6.07) is -1.17. The first-order valence-corrected chi connectivity index (χ1v) is 7.22. The Hall–Kier alpha value is -1.83. The van der Waals surface area contributed by atoms with E-state index >= 15 is 0 Å². The van der Waals surface area contributed by atoms with E-state index in [9.17, 15) is 19.5 Å². The van der Waals surface area contributed by atoms with Gasteiger partial charge in [-0.1, -0.05) is 0 Å². The van der Waals surface area contributed by atoms with Crippen molar-refractivity contribution in [3.05, 3.63) is 0 Å². The number of aliphatic carboxylic acids is 1. The number of aliphatic hydroxyl groups excluding tert-OH is 1. The topological polar surface area (TPSA) is 119 Å². The summed E-state index contributed by atoms with van der Waals surface area (Å²) in [6.07, 6.45) is 2.15. The monoisotopic (exact) mass is 299 g/mol. The van der Waals surface area contributed by atoms with Gasteiger partial charge in [0, 0.05) is 32.0 Å². The molecule has 2 atom stereocenters. The third kappa shape index (κ3) is 4.59. The Kier molecular flexibility index (Phi) is 5.00. The molecule has 1 aliphatic carbocycles. The van der Waals surface area contributed by atoms with E-state index in [4.69, 9.17) is 5.11 Å². The highest BCUT2D eigenvalue weighted by Crippen LogP contribution is 2.19. The fourth-order valence-electron chi connectivity index (χ4n) is 2.35. The molecule has 8 nitrogen and oxygen atoms in total. The molecular formula is C13H21N3O5. The summed E-state index contributed by atoms with van der Waals surface area (Å²) in [6.45, 7) is 0.320. The zero-order valence-electron chi connectivity index (χ0n) is 11.7. The molecule has 8 heteroatoms. The van der Waals surface area contributed by atoms with Gasteiger partial charge in [0.05, 0.1) is 6.10 Å². The number of β-amino-alcohol motifs (C(OH)–C–C–N with tert-alkyl or cyclic N) is 1. The molecule has 1 saturated heterocycles. The van der Waals surface area contributed by atoms with E-state index in [2.05, 4.69) is 10.6 Å². The molecule has 0 aromatic rings. The molecule has 1 saturated carbocycles. The summed E-state index contributed by atoms with van der Waals surface area (Å²) in [5.41, 5.74) is 0. The smallest absolute Gasteiger partial charge is 0.326 e. The minimum atomic E-state index is -1.12. The molecule has 2 fully saturated rings. The number of nitrogens with zero attached hydrogens (tertiary/aromatic N) is 1. The number of carbonyl (C=O) groups is 3. The van der Waals surface area contributed by atoms with Crippen LogP contribution in [-0.4, -0.2) is 64.3 Å². The van der Waals surface area contributed by atoms with Gasteiger partial charge in [0.1, 0.15) is 6.04 Å². The van der Waals surface area contributed by atoms with Gasteiger partial charge >= 0.3 is 12.0 Å². The van der Waals surface area contributed by atoms with Crippen LogP contribution in [0.4, 0.5) is 4.79 Å². The second kappa shape index (κ2) is 6.75. The average molecular weight is 299 g/mol. The summed E-state index contributed by atoms with van der Waals surface area (Å²) >= 11 is 0. The van der Waals surface area contributed by atoms with Gasteiger partial charge in [-0.05, 0) is 19.3 Å². The van der Waals surface area contributed by atoms with Crippen LogP contribution < -0.4 is 10.6 Å². The van der Waals surface area contributed by atoms with Crippen molar-refractivity contribution in [1.82, 2.24) is 15.5 Å². The van der Waals surface area contributed by atoms with Crippen LogP contribution in [0.2, 0.25) is 0 Å². The second-order valence-electron chi connectivity index (χ2n) is 5.57. The lowest BCUT2D eigenvalue weighted by Crippen LogP contribution is -2.46. The molecule has 0 unspecified atom stereocenters. The van der Waals surface area contributed by atoms with E-state index in [1.165, 1.54) is 0 Å². The number of amides is 3. The fraction of sp³-hybridized carbons (Fsp3) is 0.769. The predicted molar refractivity (Wildman–Crippen MR) is 72.6 cm³/mol. The summed E-state index contributed by atoms with van der Waals surface area (Å²) in [5.74, 6) is -1.14. The van der Waals surface area contributed by atoms with Crippen molar-refractivity contribution in [2.24, 2.45) is 0 Å². The Labute approximate surface area is 122 Å². The first-order valence-electron chi connectivity index (χ1n) is 7.22. The Morgan fingerprint density at radius 2 is 1.95 bits per heavy atom. The van der Waals surface area contributed by atoms with Crippen molar-refractivity contribution in [3.8, 4) is 0 Å². The quantitative estimate of drug-likeness (QED) is 0.482. The largest absolute Gasteiger partial charge is 0.480 e. The second-order valence-corrected chi connectivity index (χ2v) is 5.57. The molecule has 118 valence electrons. The van der Waals surface area contributed by atoms with Crippen molar-refractivity contribution in [1.29, 1.82) is 0 Å². The molecule has 0 bridgehead atoms. The molecule has 0 aromatic heterocycles. The lowest BCUT2D eigenvalue weighted by molar-refractivity contribution is -0.141. The van der Waals surface area contributed by atoms with Crippen LogP contribution in [0.25, 0.3) is 0 Å². The van der Waals surface area contributed by atoms with Crippen LogP contribution in [0.3, 0.4) is 0 Å². The third-order valence-corrected chi connectivity index (χ3v) is 3.62. The van der Waals surface area contributed by atoms with Gasteiger partial charge in [-0.15, -0.1) is 0 Å². The number of hydrogen-bond acceptors (Lipinski definition) is 4. The molecule has 2 aliphatic rings. The average Bonchev–Trinajstić information content (AvgIpc) is 3.13. The number of urea groups is 1. The van der Waals surface area contributed by atoms with Crippen molar-refractivity contribution >= 4 is 17.9 Å². The van der Waals surface area contributed by atoms with Crippen molar-refractivity contribution < 1.29 is 24.6 Å². The third-order valence-electron chi connectivity index (χ3n) is 3.62. The first kappa shape index (κ1) is 15.6. The standard InChI is InChI=1S/C13H21N3O5/c17-9-6-10(12(19)20)16(7-9)13(21)14-5-1-2-11(18)15-8-3-4-8/h8-10,17H,1-7H2,(H,14,21)(H,15,18)(H,19,20)/t9-,10-/m0/s1. The van der Waals surface area contributed by atoms with Crippen LogP contribution in [-0.2, 0) is 9.59 Å². The Morgan fingerprint density at radius 3 is 2.57 bits per heavy atom. The zero-order chi connectivity index (χ0) is 15.4. The summed E-state index contributed by atoms with van der Waals surface area (Å²) in [4.78, 5) is 35.4. The Bertz CT molecular complexity index is 424. The fourth-order valence-corrected chi connectivity index (χ4v) is 2.35. The van der Waals surface area contributed by atoms with E-state index in [0.29, 0.717) is 25.4 Å². The van der Waals surface area contributed by atoms with E-state index in [-0.39, 0.29) is 18.9 Å². The van der Waals surface area contributed by atoms with Gasteiger partial charge in [-0.3, -0.25) is 4.79 Å². The van der Waals surface area contributed by atoms with Gasteiger partial charge in [0.25, 0.3) is 0 Å². The highest BCUT2D eigenvalue weighted by Gasteiger charge is 2.38. The Balaban J connectivity index is 1.66. The number of carbonyl (C=O) groups excluding carboxylic acids is 2. The maximum Gasteiger partial charge on any atom is 0.326 e. The molecule has 1 aliphatic heterocycles. The summed E-state index contributed by atoms with van der Waals surface area (Å²) < 4.78 is 0. The van der Waals surface area contributed by atoms with Gasteiger partial charge < -0.3 is 25.7 Å². The number of likely N-dealkylation sites (tertiary alicyclic amines) is 1. The summed E-state index contributed by atoms with van der Waals surface area (Å²) in [5, 5.41) is 23.9. The van der Waals surface area contributed by atoms with Crippen LogP contribution >= 0.6 is 0 Å². The molecule has 1 heterocycles. The molecule has 21 heavy (non-hydrogen) atoms. The normalized spacial score (nSPS) is 24.7. The first-order chi connectivity index (χ1) is 9.97. The lowest BCUT2D eigenvalue weighted by Gasteiger charge is -2.21. The maximum atomic E-state index is 11.9. The highest BCUT2D eigenvalue weighted by molar-refractivity contribution is 5.83. The van der Waals surface area contributed by atoms with Crippen LogP contribution in [0.15, 0.2) is 0 Å². The maximum absolute atomic E-state index is 11.9. The van der Waals surface area contributed by atoms with Crippen molar-refractivity contribution in [2.45, 2.75) is 50.3 Å². The van der Waals surface area contributed by atoms with E-state index in [1.807, 2.05) is 0 Å². The molecule has 0 aromatic carbocycles. The Morgan fingerprint density at radius 1 is 1.24 bits per heavy atom. The SMILES string of the molecule is O=C(CCCNC(=O)N1C[C@@H](O)C[C@H]1C(=O)O)NC1CC1. The minimum absolute atomic E-state index is 0.0188. The number of carboxylic acid groups (broad SMARTS) is 1. The summed E-state index contributed by atoms with van der Waals surface area (Å²) in [7, 11) is 0. The lowest BCUT2D eigenvalue weighted by atomic mass is 10.2. The molecule has 2 rings (SSSR count). The number of nitrogens with one attached hydrogen (secondary N) is 2. The minimum Gasteiger partial charge on any atom is -0.480 e. The van der Waals surface area contributed by atoms with Gasteiger partial charge in [0.15, 0.2) is 0 Å². The number of hydrogen-bond donors (Lipinski definition) is 4. The molecular weight excluding hydrogens is 278 g/mol. The number of rotatable bonds is 6. The zero-order valence-corrected chi connectivity index (χ0v) is 11.7. The van der Waals surface area contributed by atoms with Gasteiger partial charge in [-0.25, -0.2) is 9.59 Å². The molecule has 4 N–H and O–H groups in total. The van der Waals surface area contributed by atoms with Crippen molar-refractivity contribution in [3.63, 3.8) is 0 Å². The van der Waals surface area contributed by atoms with Crippen molar-refractivity contribution in [2.75, 3.05) is 13.1 Å². The number of carboxylic acids is 1. The van der Waals surface area contributed by atoms with E-state index in [0.717, 1.165) is 17.7 Å².